The zero-order valence-electron chi connectivity index (χ0n) is 13.0. The topological polar surface area (TPSA) is 44.5 Å². The first-order chi connectivity index (χ1) is 9.86. The second kappa shape index (κ2) is 9.75. The summed E-state index contributed by atoms with van der Waals surface area (Å²) in [5.74, 6) is 0. The van der Waals surface area contributed by atoms with Crippen molar-refractivity contribution >= 4 is 0 Å². The first kappa shape index (κ1) is 16.3. The highest BCUT2D eigenvalue weighted by Gasteiger charge is 2.22. The van der Waals surface area contributed by atoms with Crippen molar-refractivity contribution in [3.63, 3.8) is 0 Å². The second-order valence-corrected chi connectivity index (χ2v) is 6.58. The van der Waals surface area contributed by atoms with Crippen LogP contribution in [-0.4, -0.2) is 31.5 Å². The van der Waals surface area contributed by atoms with E-state index in [1.807, 2.05) is 0 Å². The molecule has 0 radical (unpaired) electrons. The molecule has 0 aromatic heterocycles. The third kappa shape index (κ3) is 6.11. The van der Waals surface area contributed by atoms with Crippen molar-refractivity contribution in [1.29, 1.82) is 0 Å². The molecule has 0 aromatic rings. The summed E-state index contributed by atoms with van der Waals surface area (Å²) in [6.45, 7) is 1.66. The van der Waals surface area contributed by atoms with E-state index >= 15 is 0 Å². The standard InChI is InChI=1S/C17H33NO2/c18-16-11-7-5-3-1-2-4-6-8-12-17(16)20-14-15-10-9-13-19-15/h15-17H,1-14,18H2. The largest absolute Gasteiger partial charge is 0.376 e. The highest BCUT2D eigenvalue weighted by atomic mass is 16.5. The van der Waals surface area contributed by atoms with Gasteiger partial charge in [-0.1, -0.05) is 51.4 Å². The Morgan fingerprint density at radius 2 is 1.45 bits per heavy atom. The van der Waals surface area contributed by atoms with Gasteiger partial charge in [0, 0.05) is 12.6 Å². The second-order valence-electron chi connectivity index (χ2n) is 6.58. The molecule has 118 valence electrons. The SMILES string of the molecule is NC1CCCCCCCCCCC1OCC1CCCO1. The summed E-state index contributed by atoms with van der Waals surface area (Å²) in [4.78, 5) is 0. The monoisotopic (exact) mass is 283 g/mol. The molecular formula is C17H33NO2. The zero-order chi connectivity index (χ0) is 14.0. The first-order valence-electron chi connectivity index (χ1n) is 8.85. The molecule has 3 nitrogen and oxygen atoms in total. The molecule has 1 heterocycles. The molecule has 2 rings (SSSR count). The number of hydrogen-bond acceptors (Lipinski definition) is 3. The highest BCUT2D eigenvalue weighted by Crippen LogP contribution is 2.20. The Morgan fingerprint density at radius 3 is 2.10 bits per heavy atom. The van der Waals surface area contributed by atoms with Gasteiger partial charge >= 0.3 is 0 Å². The van der Waals surface area contributed by atoms with Gasteiger partial charge in [0.2, 0.25) is 0 Å². The average Bonchev–Trinajstić information content (AvgIpc) is 2.95. The van der Waals surface area contributed by atoms with Gasteiger partial charge in [0.15, 0.2) is 0 Å². The van der Waals surface area contributed by atoms with E-state index in [9.17, 15) is 0 Å². The molecule has 2 aliphatic rings. The summed E-state index contributed by atoms with van der Waals surface area (Å²) in [5.41, 5.74) is 6.38. The lowest BCUT2D eigenvalue weighted by Crippen LogP contribution is -2.38. The van der Waals surface area contributed by atoms with E-state index in [2.05, 4.69) is 0 Å². The van der Waals surface area contributed by atoms with Crippen molar-refractivity contribution < 1.29 is 9.47 Å². The molecule has 3 heteroatoms. The molecule has 3 unspecified atom stereocenters. The molecule has 20 heavy (non-hydrogen) atoms. The fourth-order valence-corrected chi connectivity index (χ4v) is 3.40. The smallest absolute Gasteiger partial charge is 0.0809 e. The van der Waals surface area contributed by atoms with Crippen LogP contribution in [0.2, 0.25) is 0 Å². The Bertz CT molecular complexity index is 241. The van der Waals surface area contributed by atoms with Crippen LogP contribution in [0.4, 0.5) is 0 Å². The lowest BCUT2D eigenvalue weighted by molar-refractivity contribution is -0.0341. The molecule has 3 atom stereocenters. The summed E-state index contributed by atoms with van der Waals surface area (Å²) in [5, 5.41) is 0. The predicted octanol–water partition coefficient (Wildman–Crippen LogP) is 3.79. The Balaban J connectivity index is 1.74. The van der Waals surface area contributed by atoms with Gasteiger partial charge in [-0.2, -0.15) is 0 Å². The fraction of sp³-hybridized carbons (Fsp3) is 1.00. The van der Waals surface area contributed by atoms with Gasteiger partial charge in [-0.25, -0.2) is 0 Å². The molecule has 0 spiro atoms. The van der Waals surface area contributed by atoms with Crippen molar-refractivity contribution in [3.8, 4) is 0 Å². The molecule has 1 aliphatic carbocycles. The van der Waals surface area contributed by atoms with Crippen LogP contribution in [0.25, 0.3) is 0 Å². The van der Waals surface area contributed by atoms with Gasteiger partial charge < -0.3 is 15.2 Å². The van der Waals surface area contributed by atoms with Crippen LogP contribution >= 0.6 is 0 Å². The molecule has 2 N–H and O–H groups in total. The number of ether oxygens (including phenoxy) is 2. The number of rotatable bonds is 3. The average molecular weight is 283 g/mol. The van der Waals surface area contributed by atoms with Crippen LogP contribution in [0.15, 0.2) is 0 Å². The summed E-state index contributed by atoms with van der Waals surface area (Å²) < 4.78 is 11.8. The van der Waals surface area contributed by atoms with Gasteiger partial charge in [0.05, 0.1) is 18.8 Å². The molecule has 0 amide bonds. The fourth-order valence-electron chi connectivity index (χ4n) is 3.40. The van der Waals surface area contributed by atoms with Gasteiger partial charge in [0.25, 0.3) is 0 Å². The molecule has 0 aromatic carbocycles. The summed E-state index contributed by atoms with van der Waals surface area (Å²) in [7, 11) is 0. The minimum absolute atomic E-state index is 0.218. The van der Waals surface area contributed by atoms with Crippen LogP contribution in [0.1, 0.15) is 77.0 Å². The van der Waals surface area contributed by atoms with Crippen LogP contribution in [0.5, 0.6) is 0 Å². The van der Waals surface area contributed by atoms with Gasteiger partial charge in [-0.05, 0) is 25.7 Å². The van der Waals surface area contributed by atoms with E-state index in [-0.39, 0.29) is 12.1 Å². The van der Waals surface area contributed by atoms with Crippen LogP contribution in [0, 0.1) is 0 Å². The highest BCUT2D eigenvalue weighted by molar-refractivity contribution is 4.76. The summed E-state index contributed by atoms with van der Waals surface area (Å²) in [6.07, 6.45) is 16.0. The van der Waals surface area contributed by atoms with Crippen LogP contribution < -0.4 is 5.73 Å². The Labute approximate surface area is 124 Å². The van der Waals surface area contributed by atoms with E-state index < -0.39 is 0 Å². The first-order valence-corrected chi connectivity index (χ1v) is 8.85. The van der Waals surface area contributed by atoms with E-state index in [1.54, 1.807) is 0 Å². The minimum Gasteiger partial charge on any atom is -0.376 e. The molecule has 1 saturated heterocycles. The van der Waals surface area contributed by atoms with Gasteiger partial charge in [-0.15, -0.1) is 0 Å². The third-order valence-corrected chi connectivity index (χ3v) is 4.77. The van der Waals surface area contributed by atoms with Crippen molar-refractivity contribution in [3.05, 3.63) is 0 Å². The predicted molar refractivity (Wildman–Crippen MR) is 82.9 cm³/mol. The maximum atomic E-state index is 6.38. The summed E-state index contributed by atoms with van der Waals surface area (Å²) in [6, 6.07) is 0.218. The lowest BCUT2D eigenvalue weighted by Gasteiger charge is -2.26. The molecule has 2 fully saturated rings. The van der Waals surface area contributed by atoms with Gasteiger partial charge in [-0.3, -0.25) is 0 Å². The molecule has 1 aliphatic heterocycles. The van der Waals surface area contributed by atoms with E-state index in [1.165, 1.54) is 57.8 Å². The summed E-state index contributed by atoms with van der Waals surface area (Å²) >= 11 is 0. The molecule has 1 saturated carbocycles. The minimum atomic E-state index is 0.218. The van der Waals surface area contributed by atoms with Crippen LogP contribution in [0.3, 0.4) is 0 Å². The van der Waals surface area contributed by atoms with Crippen molar-refractivity contribution in [2.45, 2.75) is 95.3 Å². The molecule has 0 bridgehead atoms. The zero-order valence-corrected chi connectivity index (χ0v) is 13.0. The van der Waals surface area contributed by atoms with E-state index in [4.69, 9.17) is 15.2 Å². The number of nitrogens with two attached hydrogens (primary N) is 1. The van der Waals surface area contributed by atoms with Crippen molar-refractivity contribution in [1.82, 2.24) is 0 Å². The maximum absolute atomic E-state index is 6.38. The molecular weight excluding hydrogens is 250 g/mol. The quantitative estimate of drug-likeness (QED) is 0.857. The normalized spacial score (nSPS) is 34.4. The Hall–Kier alpha value is -0.120. The maximum Gasteiger partial charge on any atom is 0.0809 e. The van der Waals surface area contributed by atoms with Crippen LogP contribution in [-0.2, 0) is 9.47 Å². The third-order valence-electron chi connectivity index (χ3n) is 4.77. The number of hydrogen-bond donors (Lipinski definition) is 1. The Morgan fingerprint density at radius 1 is 0.800 bits per heavy atom. The van der Waals surface area contributed by atoms with E-state index in [0.29, 0.717) is 6.10 Å². The van der Waals surface area contributed by atoms with E-state index in [0.717, 1.165) is 32.5 Å². The Kier molecular flexibility index (Phi) is 7.92. The van der Waals surface area contributed by atoms with Crippen molar-refractivity contribution in [2.24, 2.45) is 5.73 Å². The lowest BCUT2D eigenvalue weighted by atomic mass is 9.96. The van der Waals surface area contributed by atoms with Crippen molar-refractivity contribution in [2.75, 3.05) is 13.2 Å². The van der Waals surface area contributed by atoms with Gasteiger partial charge in [0.1, 0.15) is 0 Å².